The lowest BCUT2D eigenvalue weighted by Crippen LogP contribution is -2.37. The highest BCUT2D eigenvalue weighted by Gasteiger charge is 2.12. The SMILES string of the molecule is c1ccc2c(c1)nnn2CN1CCOCC1. The predicted molar refractivity (Wildman–Crippen MR) is 59.9 cm³/mol. The summed E-state index contributed by atoms with van der Waals surface area (Å²) < 4.78 is 7.26. The van der Waals surface area contributed by atoms with Gasteiger partial charge in [0.1, 0.15) is 5.52 Å². The molecule has 1 saturated heterocycles. The number of fused-ring (bicyclic) bond motifs is 1. The largest absolute Gasteiger partial charge is 0.379 e. The maximum atomic E-state index is 5.32. The van der Waals surface area contributed by atoms with Crippen LogP contribution in [0.3, 0.4) is 0 Å². The molecule has 0 aliphatic carbocycles. The number of benzene rings is 1. The fourth-order valence-electron chi connectivity index (χ4n) is 1.95. The van der Waals surface area contributed by atoms with Crippen LogP contribution < -0.4 is 0 Å². The molecule has 2 aromatic rings. The first-order valence-electron chi connectivity index (χ1n) is 5.52. The third kappa shape index (κ3) is 1.79. The smallest absolute Gasteiger partial charge is 0.113 e. The van der Waals surface area contributed by atoms with E-state index in [9.17, 15) is 0 Å². The molecule has 84 valence electrons. The van der Waals surface area contributed by atoms with Crippen molar-refractivity contribution in [1.82, 2.24) is 19.9 Å². The van der Waals surface area contributed by atoms with Gasteiger partial charge in [-0.2, -0.15) is 0 Å². The summed E-state index contributed by atoms with van der Waals surface area (Å²) >= 11 is 0. The number of morpholine rings is 1. The Bertz CT molecular complexity index is 476. The monoisotopic (exact) mass is 218 g/mol. The first-order valence-corrected chi connectivity index (χ1v) is 5.52. The van der Waals surface area contributed by atoms with Crippen LogP contribution in [0.15, 0.2) is 24.3 Å². The standard InChI is InChI=1S/C11H14N4O/c1-2-4-11-10(3-1)12-13-15(11)9-14-5-7-16-8-6-14/h1-4H,5-9H2. The summed E-state index contributed by atoms with van der Waals surface area (Å²) in [7, 11) is 0. The van der Waals surface area contributed by atoms with Crippen molar-refractivity contribution in [3.8, 4) is 0 Å². The van der Waals surface area contributed by atoms with Gasteiger partial charge in [0.05, 0.1) is 25.4 Å². The van der Waals surface area contributed by atoms with Gasteiger partial charge < -0.3 is 4.74 Å². The quantitative estimate of drug-likeness (QED) is 0.745. The Kier molecular flexibility index (Phi) is 2.55. The zero-order valence-electron chi connectivity index (χ0n) is 9.04. The topological polar surface area (TPSA) is 43.2 Å². The Morgan fingerprint density at radius 3 is 2.88 bits per heavy atom. The second-order valence-electron chi connectivity index (χ2n) is 3.95. The fraction of sp³-hybridized carbons (Fsp3) is 0.455. The van der Waals surface area contributed by atoms with Gasteiger partial charge in [0.2, 0.25) is 0 Å². The molecule has 5 heteroatoms. The summed E-state index contributed by atoms with van der Waals surface area (Å²) in [5.74, 6) is 0. The molecule has 1 aromatic heterocycles. The van der Waals surface area contributed by atoms with Crippen LogP contribution in [0.1, 0.15) is 0 Å². The van der Waals surface area contributed by atoms with Crippen LogP contribution in [-0.2, 0) is 11.4 Å². The Morgan fingerprint density at radius 2 is 2.00 bits per heavy atom. The molecule has 1 aromatic carbocycles. The number of ether oxygens (including phenoxy) is 1. The molecule has 3 rings (SSSR count). The number of para-hydroxylation sites is 1. The number of rotatable bonds is 2. The van der Waals surface area contributed by atoms with E-state index in [-0.39, 0.29) is 0 Å². The van der Waals surface area contributed by atoms with Crippen molar-refractivity contribution in [2.24, 2.45) is 0 Å². The van der Waals surface area contributed by atoms with Crippen molar-refractivity contribution in [2.45, 2.75) is 6.67 Å². The molecule has 0 amide bonds. The second-order valence-corrected chi connectivity index (χ2v) is 3.95. The van der Waals surface area contributed by atoms with Crippen LogP contribution in [0.4, 0.5) is 0 Å². The zero-order chi connectivity index (χ0) is 10.8. The van der Waals surface area contributed by atoms with Crippen molar-refractivity contribution in [2.75, 3.05) is 26.3 Å². The van der Waals surface area contributed by atoms with Gasteiger partial charge in [-0.25, -0.2) is 4.68 Å². The van der Waals surface area contributed by atoms with Crippen molar-refractivity contribution >= 4 is 11.0 Å². The molecular weight excluding hydrogens is 204 g/mol. The third-order valence-corrected chi connectivity index (χ3v) is 2.86. The van der Waals surface area contributed by atoms with E-state index in [0.717, 1.165) is 44.0 Å². The van der Waals surface area contributed by atoms with Gasteiger partial charge in [0.15, 0.2) is 0 Å². The van der Waals surface area contributed by atoms with Crippen molar-refractivity contribution in [3.05, 3.63) is 24.3 Å². The summed E-state index contributed by atoms with van der Waals surface area (Å²) in [6.45, 7) is 4.35. The molecule has 16 heavy (non-hydrogen) atoms. The second kappa shape index (κ2) is 4.19. The van der Waals surface area contributed by atoms with E-state index in [4.69, 9.17) is 4.74 Å². The first-order chi connectivity index (χ1) is 7.93. The van der Waals surface area contributed by atoms with E-state index in [1.54, 1.807) is 0 Å². The minimum Gasteiger partial charge on any atom is -0.379 e. The molecule has 0 bridgehead atoms. The molecule has 1 aliphatic heterocycles. The maximum Gasteiger partial charge on any atom is 0.113 e. The van der Waals surface area contributed by atoms with Gasteiger partial charge in [0, 0.05) is 13.1 Å². The molecule has 0 N–H and O–H groups in total. The zero-order valence-corrected chi connectivity index (χ0v) is 9.04. The molecule has 0 unspecified atom stereocenters. The van der Waals surface area contributed by atoms with Crippen LogP contribution in [0.25, 0.3) is 11.0 Å². The number of aromatic nitrogens is 3. The minimum absolute atomic E-state index is 0.796. The van der Waals surface area contributed by atoms with E-state index in [0.29, 0.717) is 0 Å². The van der Waals surface area contributed by atoms with Crippen LogP contribution in [0.5, 0.6) is 0 Å². The summed E-state index contributed by atoms with van der Waals surface area (Å²) in [4.78, 5) is 2.32. The highest BCUT2D eigenvalue weighted by molar-refractivity contribution is 5.73. The van der Waals surface area contributed by atoms with Gasteiger partial charge in [0.25, 0.3) is 0 Å². The average Bonchev–Trinajstić information content (AvgIpc) is 2.74. The lowest BCUT2D eigenvalue weighted by Gasteiger charge is -2.26. The Morgan fingerprint density at radius 1 is 1.19 bits per heavy atom. The van der Waals surface area contributed by atoms with Crippen LogP contribution in [0, 0.1) is 0 Å². The van der Waals surface area contributed by atoms with Gasteiger partial charge >= 0.3 is 0 Å². The molecule has 2 heterocycles. The van der Waals surface area contributed by atoms with Crippen molar-refractivity contribution in [1.29, 1.82) is 0 Å². The van der Waals surface area contributed by atoms with Gasteiger partial charge in [-0.05, 0) is 12.1 Å². The Balaban J connectivity index is 1.83. The summed E-state index contributed by atoms with van der Waals surface area (Å²) in [5.41, 5.74) is 2.05. The number of hydrogen-bond acceptors (Lipinski definition) is 4. The summed E-state index contributed by atoms with van der Waals surface area (Å²) in [6.07, 6.45) is 0. The molecule has 1 aliphatic rings. The van der Waals surface area contributed by atoms with Crippen molar-refractivity contribution in [3.63, 3.8) is 0 Å². The first kappa shape index (κ1) is 9.74. The minimum atomic E-state index is 0.796. The van der Waals surface area contributed by atoms with E-state index >= 15 is 0 Å². The van der Waals surface area contributed by atoms with E-state index in [2.05, 4.69) is 21.3 Å². The molecule has 0 saturated carbocycles. The van der Waals surface area contributed by atoms with Crippen LogP contribution in [-0.4, -0.2) is 46.2 Å². The van der Waals surface area contributed by atoms with Crippen molar-refractivity contribution < 1.29 is 4.74 Å². The lowest BCUT2D eigenvalue weighted by molar-refractivity contribution is 0.0218. The predicted octanol–water partition coefficient (Wildman–Crippen LogP) is 0.721. The van der Waals surface area contributed by atoms with Gasteiger partial charge in [-0.1, -0.05) is 17.3 Å². The van der Waals surface area contributed by atoms with Crippen LogP contribution in [0.2, 0.25) is 0 Å². The molecule has 0 spiro atoms. The Labute approximate surface area is 93.6 Å². The van der Waals surface area contributed by atoms with E-state index in [1.807, 2.05) is 22.9 Å². The highest BCUT2D eigenvalue weighted by Crippen LogP contribution is 2.10. The van der Waals surface area contributed by atoms with Crippen LogP contribution >= 0.6 is 0 Å². The fourth-order valence-corrected chi connectivity index (χ4v) is 1.95. The molecule has 0 atom stereocenters. The van der Waals surface area contributed by atoms with E-state index in [1.165, 1.54) is 0 Å². The van der Waals surface area contributed by atoms with E-state index < -0.39 is 0 Å². The third-order valence-electron chi connectivity index (χ3n) is 2.86. The molecular formula is C11H14N4O. The highest BCUT2D eigenvalue weighted by atomic mass is 16.5. The molecule has 1 fully saturated rings. The average molecular weight is 218 g/mol. The number of nitrogens with zero attached hydrogens (tertiary/aromatic N) is 4. The summed E-state index contributed by atoms with van der Waals surface area (Å²) in [5, 5.41) is 8.31. The molecule has 5 nitrogen and oxygen atoms in total. The Hall–Kier alpha value is -1.46. The molecule has 0 radical (unpaired) electrons. The van der Waals surface area contributed by atoms with Gasteiger partial charge in [-0.15, -0.1) is 5.10 Å². The van der Waals surface area contributed by atoms with Gasteiger partial charge in [-0.3, -0.25) is 4.90 Å². The normalized spacial score (nSPS) is 18.0. The summed E-state index contributed by atoms with van der Waals surface area (Å²) in [6, 6.07) is 8.03. The lowest BCUT2D eigenvalue weighted by atomic mass is 10.3. The maximum absolute atomic E-state index is 5.32. The number of hydrogen-bond donors (Lipinski definition) is 0.